The number of benzene rings is 1. The molecule has 112 valence electrons. The number of methoxy groups -OCH3 is 1. The summed E-state index contributed by atoms with van der Waals surface area (Å²) in [6, 6.07) is 7.70. The molecule has 6 heteroatoms. The maximum absolute atomic E-state index is 6.15. The van der Waals surface area contributed by atoms with Gasteiger partial charge in [0.2, 0.25) is 5.75 Å². The summed E-state index contributed by atoms with van der Waals surface area (Å²) >= 11 is 6.15. The predicted molar refractivity (Wildman–Crippen MR) is 86.1 cm³/mol. The van der Waals surface area contributed by atoms with Crippen LogP contribution in [0.25, 0.3) is 0 Å². The van der Waals surface area contributed by atoms with Crippen molar-refractivity contribution < 1.29 is 4.74 Å². The normalized spacial score (nSPS) is 10.2. The molecule has 0 amide bonds. The minimum Gasteiger partial charge on any atom is -0.490 e. The lowest BCUT2D eigenvalue weighted by Gasteiger charge is -2.14. The zero-order valence-electron chi connectivity index (χ0n) is 12.2. The van der Waals surface area contributed by atoms with Crippen molar-refractivity contribution in [3.05, 3.63) is 41.2 Å². The van der Waals surface area contributed by atoms with Crippen LogP contribution < -0.4 is 15.4 Å². The standard InChI is InChI=1S/C15H19ClN4O/c1-3-8-17-14-13(21-2)15(20-10-19-14)18-9-11-6-4-5-7-12(11)16/h4-7,10H,3,8-9H2,1-2H3,(H2,17,18,19,20). The average molecular weight is 307 g/mol. The Kier molecular flexibility index (Phi) is 5.63. The van der Waals surface area contributed by atoms with Crippen LogP contribution in [-0.2, 0) is 6.54 Å². The van der Waals surface area contributed by atoms with Crippen LogP contribution in [0.1, 0.15) is 18.9 Å². The van der Waals surface area contributed by atoms with Crippen LogP contribution in [0.15, 0.2) is 30.6 Å². The summed E-state index contributed by atoms with van der Waals surface area (Å²) in [5.74, 6) is 1.94. The van der Waals surface area contributed by atoms with Crippen molar-refractivity contribution in [3.63, 3.8) is 0 Å². The third-order valence-electron chi connectivity index (χ3n) is 2.95. The lowest BCUT2D eigenvalue weighted by atomic mass is 10.2. The van der Waals surface area contributed by atoms with Crippen molar-refractivity contribution in [2.45, 2.75) is 19.9 Å². The van der Waals surface area contributed by atoms with E-state index in [1.807, 2.05) is 24.3 Å². The minimum absolute atomic E-state index is 0.570. The summed E-state index contributed by atoms with van der Waals surface area (Å²) < 4.78 is 5.41. The first kappa shape index (κ1) is 15.4. The van der Waals surface area contributed by atoms with Gasteiger partial charge >= 0.3 is 0 Å². The van der Waals surface area contributed by atoms with Gasteiger partial charge in [0.1, 0.15) is 6.33 Å². The topological polar surface area (TPSA) is 59.1 Å². The molecule has 2 rings (SSSR count). The number of hydrogen-bond acceptors (Lipinski definition) is 5. The molecule has 0 aliphatic carbocycles. The fourth-order valence-electron chi connectivity index (χ4n) is 1.88. The van der Waals surface area contributed by atoms with Crippen LogP contribution >= 0.6 is 11.6 Å². The smallest absolute Gasteiger partial charge is 0.204 e. The van der Waals surface area contributed by atoms with Crippen LogP contribution in [0, 0.1) is 0 Å². The fourth-order valence-corrected chi connectivity index (χ4v) is 2.09. The Hall–Kier alpha value is -2.01. The van der Waals surface area contributed by atoms with E-state index < -0.39 is 0 Å². The highest BCUT2D eigenvalue weighted by Gasteiger charge is 2.11. The van der Waals surface area contributed by atoms with E-state index in [1.165, 1.54) is 6.33 Å². The van der Waals surface area contributed by atoms with Crippen molar-refractivity contribution in [3.8, 4) is 5.75 Å². The van der Waals surface area contributed by atoms with Crippen LogP contribution in [0.4, 0.5) is 11.6 Å². The molecule has 0 fully saturated rings. The Bertz CT molecular complexity index is 592. The van der Waals surface area contributed by atoms with Gasteiger partial charge in [-0.3, -0.25) is 0 Å². The number of rotatable bonds is 7. The minimum atomic E-state index is 0.570. The molecule has 1 heterocycles. The number of nitrogens with zero attached hydrogens (tertiary/aromatic N) is 2. The van der Waals surface area contributed by atoms with Gasteiger partial charge in [0.05, 0.1) is 7.11 Å². The van der Waals surface area contributed by atoms with E-state index in [1.54, 1.807) is 7.11 Å². The van der Waals surface area contributed by atoms with Crippen molar-refractivity contribution in [2.24, 2.45) is 0 Å². The van der Waals surface area contributed by atoms with Gasteiger partial charge in [0.15, 0.2) is 11.6 Å². The Morgan fingerprint density at radius 1 is 1.14 bits per heavy atom. The van der Waals surface area contributed by atoms with E-state index in [0.717, 1.165) is 23.6 Å². The van der Waals surface area contributed by atoms with Crippen LogP contribution in [-0.4, -0.2) is 23.6 Å². The van der Waals surface area contributed by atoms with Crippen molar-refractivity contribution in [2.75, 3.05) is 24.3 Å². The Morgan fingerprint density at radius 2 is 1.86 bits per heavy atom. The SMILES string of the molecule is CCCNc1ncnc(NCc2ccccc2Cl)c1OC. The number of aromatic nitrogens is 2. The molecule has 21 heavy (non-hydrogen) atoms. The zero-order chi connectivity index (χ0) is 15.1. The molecule has 0 aliphatic heterocycles. The molecule has 2 aromatic rings. The van der Waals surface area contributed by atoms with E-state index in [0.29, 0.717) is 23.9 Å². The lowest BCUT2D eigenvalue weighted by molar-refractivity contribution is 0.414. The highest BCUT2D eigenvalue weighted by atomic mass is 35.5. The number of hydrogen-bond donors (Lipinski definition) is 2. The summed E-state index contributed by atoms with van der Waals surface area (Å²) in [6.45, 7) is 3.49. The van der Waals surface area contributed by atoms with E-state index >= 15 is 0 Å². The van der Waals surface area contributed by atoms with Gasteiger partial charge in [-0.25, -0.2) is 9.97 Å². The molecule has 5 nitrogen and oxygen atoms in total. The average Bonchev–Trinajstić information content (AvgIpc) is 2.52. The number of halogens is 1. The monoisotopic (exact) mass is 306 g/mol. The largest absolute Gasteiger partial charge is 0.490 e. The number of anilines is 2. The quantitative estimate of drug-likeness (QED) is 0.819. The summed E-state index contributed by atoms with van der Waals surface area (Å²) in [6.07, 6.45) is 2.52. The van der Waals surface area contributed by atoms with Gasteiger partial charge in [-0.15, -0.1) is 0 Å². The summed E-state index contributed by atoms with van der Waals surface area (Å²) in [5.41, 5.74) is 1.00. The summed E-state index contributed by atoms with van der Waals surface area (Å²) in [7, 11) is 1.61. The van der Waals surface area contributed by atoms with Gasteiger partial charge in [-0.1, -0.05) is 36.7 Å². The molecule has 0 saturated heterocycles. The van der Waals surface area contributed by atoms with Gasteiger partial charge in [0.25, 0.3) is 0 Å². The number of nitrogens with one attached hydrogen (secondary N) is 2. The molecule has 0 radical (unpaired) electrons. The molecule has 1 aromatic heterocycles. The summed E-state index contributed by atoms with van der Waals surface area (Å²) in [4.78, 5) is 8.44. The Balaban J connectivity index is 2.14. The first-order valence-corrected chi connectivity index (χ1v) is 7.24. The van der Waals surface area contributed by atoms with Gasteiger partial charge in [0, 0.05) is 18.1 Å². The van der Waals surface area contributed by atoms with E-state index in [4.69, 9.17) is 16.3 Å². The van der Waals surface area contributed by atoms with Crippen LogP contribution in [0.5, 0.6) is 5.75 Å². The molecular weight excluding hydrogens is 288 g/mol. The van der Waals surface area contributed by atoms with E-state index in [9.17, 15) is 0 Å². The predicted octanol–water partition coefficient (Wildman–Crippen LogP) is 3.57. The third kappa shape index (κ3) is 3.98. The zero-order valence-corrected chi connectivity index (χ0v) is 12.9. The second-order valence-corrected chi connectivity index (χ2v) is 4.88. The number of ether oxygens (including phenoxy) is 1. The van der Waals surface area contributed by atoms with E-state index in [2.05, 4.69) is 27.5 Å². The highest BCUT2D eigenvalue weighted by molar-refractivity contribution is 6.31. The van der Waals surface area contributed by atoms with Gasteiger partial charge < -0.3 is 15.4 Å². The van der Waals surface area contributed by atoms with Crippen molar-refractivity contribution in [1.82, 2.24) is 9.97 Å². The van der Waals surface area contributed by atoms with Crippen molar-refractivity contribution in [1.29, 1.82) is 0 Å². The van der Waals surface area contributed by atoms with Crippen LogP contribution in [0.3, 0.4) is 0 Å². The molecule has 0 bridgehead atoms. The van der Waals surface area contributed by atoms with Crippen LogP contribution in [0.2, 0.25) is 5.02 Å². The maximum atomic E-state index is 6.15. The third-order valence-corrected chi connectivity index (χ3v) is 3.32. The molecule has 1 aromatic carbocycles. The first-order chi connectivity index (χ1) is 10.3. The fraction of sp³-hybridized carbons (Fsp3) is 0.333. The molecule has 0 atom stereocenters. The molecule has 0 aliphatic rings. The second kappa shape index (κ2) is 7.69. The Labute approximate surface area is 129 Å². The Morgan fingerprint density at radius 3 is 2.52 bits per heavy atom. The van der Waals surface area contributed by atoms with Gasteiger partial charge in [-0.2, -0.15) is 0 Å². The van der Waals surface area contributed by atoms with Gasteiger partial charge in [-0.05, 0) is 18.1 Å². The molecular formula is C15H19ClN4O. The van der Waals surface area contributed by atoms with E-state index in [-0.39, 0.29) is 0 Å². The lowest BCUT2D eigenvalue weighted by Crippen LogP contribution is -2.09. The molecule has 0 unspecified atom stereocenters. The van der Waals surface area contributed by atoms with Crippen molar-refractivity contribution >= 4 is 23.2 Å². The molecule has 0 saturated carbocycles. The summed E-state index contributed by atoms with van der Waals surface area (Å²) in [5, 5.41) is 7.18. The molecule has 0 spiro atoms. The maximum Gasteiger partial charge on any atom is 0.204 e. The molecule has 2 N–H and O–H groups in total. The highest BCUT2D eigenvalue weighted by Crippen LogP contribution is 2.29. The first-order valence-electron chi connectivity index (χ1n) is 6.86. The second-order valence-electron chi connectivity index (χ2n) is 4.48.